The highest BCUT2D eigenvalue weighted by Crippen LogP contribution is 2.28. The van der Waals surface area contributed by atoms with Crippen molar-refractivity contribution in [2.75, 3.05) is 0 Å². The molecule has 3 aromatic carbocycles. The van der Waals surface area contributed by atoms with E-state index in [1.807, 2.05) is 49.4 Å². The fourth-order valence-corrected chi connectivity index (χ4v) is 3.38. The summed E-state index contributed by atoms with van der Waals surface area (Å²) in [6.07, 6.45) is 1.60. The van der Waals surface area contributed by atoms with Crippen LogP contribution < -0.4 is 5.43 Å². The molecule has 1 N–H and O–H groups in total. The van der Waals surface area contributed by atoms with Crippen LogP contribution in [0.3, 0.4) is 0 Å². The Bertz CT molecular complexity index is 1300. The van der Waals surface area contributed by atoms with Gasteiger partial charge in [0.2, 0.25) is 5.91 Å². The first-order chi connectivity index (χ1) is 15.0. The second-order valence-electron chi connectivity index (χ2n) is 7.07. The molecule has 0 saturated carbocycles. The van der Waals surface area contributed by atoms with Crippen LogP contribution in [-0.2, 0) is 11.2 Å². The maximum atomic E-state index is 12.3. The second-order valence-corrected chi connectivity index (χ2v) is 7.07. The van der Waals surface area contributed by atoms with Crippen molar-refractivity contribution in [3.05, 3.63) is 99.8 Å². The molecule has 7 heteroatoms. The molecular weight excluding hydrogens is 394 g/mol. The van der Waals surface area contributed by atoms with E-state index in [4.69, 9.17) is 4.42 Å². The quantitative estimate of drug-likeness (QED) is 0.273. The fourth-order valence-electron chi connectivity index (χ4n) is 3.38. The van der Waals surface area contributed by atoms with Gasteiger partial charge in [-0.1, -0.05) is 48.5 Å². The molecule has 0 saturated heterocycles. The lowest BCUT2D eigenvalue weighted by atomic mass is 10.0. The molecule has 0 spiro atoms. The highest BCUT2D eigenvalue weighted by atomic mass is 16.6. The highest BCUT2D eigenvalue weighted by molar-refractivity contribution is 5.90. The molecule has 0 unspecified atom stereocenters. The molecule has 0 bridgehead atoms. The Kier molecular flexibility index (Phi) is 5.57. The van der Waals surface area contributed by atoms with E-state index in [-0.39, 0.29) is 18.0 Å². The zero-order chi connectivity index (χ0) is 21.8. The van der Waals surface area contributed by atoms with Crippen LogP contribution in [0.2, 0.25) is 0 Å². The molecule has 0 radical (unpaired) electrons. The molecule has 1 aromatic heterocycles. The Labute approximate surface area is 178 Å². The smallest absolute Gasteiger partial charge is 0.270 e. The van der Waals surface area contributed by atoms with Gasteiger partial charge in [0.05, 0.1) is 17.6 Å². The number of amides is 1. The van der Waals surface area contributed by atoms with E-state index < -0.39 is 4.92 Å². The first-order valence-corrected chi connectivity index (χ1v) is 9.65. The lowest BCUT2D eigenvalue weighted by Gasteiger charge is -2.05. The van der Waals surface area contributed by atoms with Crippen LogP contribution in [0, 0.1) is 17.0 Å². The number of nitro benzene ring substituents is 1. The third-order valence-corrected chi connectivity index (χ3v) is 4.94. The summed E-state index contributed by atoms with van der Waals surface area (Å²) >= 11 is 0. The summed E-state index contributed by atoms with van der Waals surface area (Å²) in [6, 6.07) is 21.8. The topological polar surface area (TPSA) is 97.7 Å². The van der Waals surface area contributed by atoms with E-state index >= 15 is 0 Å². The number of non-ortho nitro benzene ring substituents is 1. The molecule has 0 aliphatic rings. The minimum atomic E-state index is -0.445. The predicted octanol–water partition coefficient (Wildman–Crippen LogP) is 5.01. The van der Waals surface area contributed by atoms with Crippen molar-refractivity contribution in [1.29, 1.82) is 0 Å². The number of carbonyl (C=O) groups is 1. The Morgan fingerprint density at radius 1 is 1.10 bits per heavy atom. The van der Waals surface area contributed by atoms with Crippen molar-refractivity contribution in [3.63, 3.8) is 0 Å². The monoisotopic (exact) mass is 413 g/mol. The number of fused-ring (bicyclic) bond motifs is 1. The average Bonchev–Trinajstić information content (AvgIpc) is 3.23. The molecule has 1 amide bonds. The summed E-state index contributed by atoms with van der Waals surface area (Å²) in [6.45, 7) is 1.85. The summed E-state index contributed by atoms with van der Waals surface area (Å²) < 4.78 is 5.72. The third kappa shape index (κ3) is 4.51. The first-order valence-electron chi connectivity index (χ1n) is 9.65. The summed E-state index contributed by atoms with van der Waals surface area (Å²) in [4.78, 5) is 22.9. The molecule has 7 nitrogen and oxygen atoms in total. The number of benzene rings is 3. The van der Waals surface area contributed by atoms with E-state index in [9.17, 15) is 14.9 Å². The Hall–Kier alpha value is -4.26. The van der Waals surface area contributed by atoms with Gasteiger partial charge >= 0.3 is 0 Å². The fraction of sp³-hybridized carbons (Fsp3) is 0.0833. The van der Waals surface area contributed by atoms with Gasteiger partial charge in [-0.15, -0.1) is 0 Å². The lowest BCUT2D eigenvalue weighted by Crippen LogP contribution is -2.19. The number of aryl methyl sites for hydroxylation is 1. The number of furan rings is 1. The molecule has 154 valence electrons. The average molecular weight is 413 g/mol. The summed E-state index contributed by atoms with van der Waals surface area (Å²) in [5.74, 6) is 0.671. The van der Waals surface area contributed by atoms with Gasteiger partial charge in [0, 0.05) is 17.7 Å². The van der Waals surface area contributed by atoms with Gasteiger partial charge in [-0.05, 0) is 41.0 Å². The van der Waals surface area contributed by atoms with Crippen LogP contribution in [0.4, 0.5) is 5.69 Å². The number of rotatable bonds is 6. The van der Waals surface area contributed by atoms with E-state index in [0.29, 0.717) is 17.1 Å². The molecule has 0 fully saturated rings. The summed E-state index contributed by atoms with van der Waals surface area (Å²) in [5.41, 5.74) is 4.91. The van der Waals surface area contributed by atoms with Crippen LogP contribution in [0.15, 0.2) is 82.3 Å². The lowest BCUT2D eigenvalue weighted by molar-refractivity contribution is -0.384. The van der Waals surface area contributed by atoms with Crippen molar-refractivity contribution >= 4 is 28.6 Å². The van der Waals surface area contributed by atoms with Crippen LogP contribution >= 0.6 is 0 Å². The number of hydrogen-bond donors (Lipinski definition) is 1. The largest absolute Gasteiger partial charge is 0.455 e. The zero-order valence-corrected chi connectivity index (χ0v) is 16.7. The molecular formula is C24H19N3O4. The molecule has 0 aliphatic carbocycles. The number of nitro groups is 1. The van der Waals surface area contributed by atoms with Gasteiger partial charge in [0.15, 0.2) is 0 Å². The standard InChI is InChI=1S/C24H19N3O4/c1-16-9-10-19(27(29)30)14-22(16)23-12-11-20(31-23)15-25-26-24(28)13-18-7-4-6-17-5-2-3-8-21(17)18/h2-12,14-15H,13H2,1H3,(H,26,28)/b25-15-. The minimum absolute atomic E-state index is 0.00656. The molecule has 0 aliphatic heterocycles. The summed E-state index contributed by atoms with van der Waals surface area (Å²) in [5, 5.41) is 17.1. The normalized spacial score (nSPS) is 11.1. The van der Waals surface area contributed by atoms with E-state index in [1.165, 1.54) is 18.3 Å². The maximum absolute atomic E-state index is 12.3. The highest BCUT2D eigenvalue weighted by Gasteiger charge is 2.13. The van der Waals surface area contributed by atoms with Crippen LogP contribution in [0.1, 0.15) is 16.9 Å². The van der Waals surface area contributed by atoms with Gasteiger partial charge in [-0.2, -0.15) is 5.10 Å². The van der Waals surface area contributed by atoms with Crippen molar-refractivity contribution in [2.24, 2.45) is 5.10 Å². The predicted molar refractivity (Wildman–Crippen MR) is 119 cm³/mol. The number of hydrogen-bond acceptors (Lipinski definition) is 5. The van der Waals surface area contributed by atoms with Crippen molar-refractivity contribution in [2.45, 2.75) is 13.3 Å². The van der Waals surface area contributed by atoms with Crippen molar-refractivity contribution < 1.29 is 14.1 Å². The van der Waals surface area contributed by atoms with Crippen molar-refractivity contribution in [3.8, 4) is 11.3 Å². The Morgan fingerprint density at radius 3 is 2.74 bits per heavy atom. The van der Waals surface area contributed by atoms with E-state index in [0.717, 1.165) is 21.9 Å². The maximum Gasteiger partial charge on any atom is 0.270 e. The van der Waals surface area contributed by atoms with Crippen LogP contribution in [0.5, 0.6) is 0 Å². The Balaban J connectivity index is 1.43. The van der Waals surface area contributed by atoms with Gasteiger partial charge in [0.25, 0.3) is 5.69 Å². The van der Waals surface area contributed by atoms with E-state index in [2.05, 4.69) is 10.5 Å². The molecule has 0 atom stereocenters. The van der Waals surface area contributed by atoms with Gasteiger partial charge in [-0.3, -0.25) is 14.9 Å². The third-order valence-electron chi connectivity index (χ3n) is 4.94. The number of nitrogens with one attached hydrogen (secondary N) is 1. The zero-order valence-electron chi connectivity index (χ0n) is 16.7. The molecule has 1 heterocycles. The molecule has 4 rings (SSSR count). The van der Waals surface area contributed by atoms with Crippen LogP contribution in [-0.4, -0.2) is 17.0 Å². The number of hydrazone groups is 1. The second kappa shape index (κ2) is 8.62. The molecule has 31 heavy (non-hydrogen) atoms. The van der Waals surface area contributed by atoms with Crippen LogP contribution in [0.25, 0.3) is 22.1 Å². The SMILES string of the molecule is Cc1ccc([N+](=O)[O-])cc1-c1ccc(/C=N\NC(=O)Cc2cccc3ccccc23)o1. The Morgan fingerprint density at radius 2 is 1.90 bits per heavy atom. The van der Waals surface area contributed by atoms with Crippen molar-refractivity contribution in [1.82, 2.24) is 5.43 Å². The first kappa shape index (κ1) is 20.0. The van der Waals surface area contributed by atoms with E-state index in [1.54, 1.807) is 18.2 Å². The minimum Gasteiger partial charge on any atom is -0.455 e. The summed E-state index contributed by atoms with van der Waals surface area (Å²) in [7, 11) is 0. The molecule has 4 aromatic rings. The number of carbonyl (C=O) groups excluding carboxylic acids is 1. The van der Waals surface area contributed by atoms with Gasteiger partial charge < -0.3 is 4.42 Å². The van der Waals surface area contributed by atoms with Gasteiger partial charge in [-0.25, -0.2) is 5.43 Å². The van der Waals surface area contributed by atoms with Gasteiger partial charge in [0.1, 0.15) is 11.5 Å². The number of nitrogens with zero attached hydrogens (tertiary/aromatic N) is 2.